The normalized spacial score (nSPS) is 11.7. The second kappa shape index (κ2) is 7.59. The molecule has 1 aromatic heterocycles. The topological polar surface area (TPSA) is 92.5 Å². The van der Waals surface area contributed by atoms with E-state index in [2.05, 4.69) is 10.5 Å². The van der Waals surface area contributed by atoms with Crippen molar-refractivity contribution in [1.29, 1.82) is 0 Å². The zero-order valence-corrected chi connectivity index (χ0v) is 14.8. The van der Waals surface area contributed by atoms with Gasteiger partial charge in [0.25, 0.3) is 5.91 Å². The van der Waals surface area contributed by atoms with E-state index in [0.29, 0.717) is 31.0 Å². The number of amides is 1. The molecule has 0 unspecified atom stereocenters. The first kappa shape index (κ1) is 18.2. The van der Waals surface area contributed by atoms with Crippen molar-refractivity contribution in [3.05, 3.63) is 47.3 Å². The van der Waals surface area contributed by atoms with Gasteiger partial charge in [-0.2, -0.15) is 4.31 Å². The summed E-state index contributed by atoms with van der Waals surface area (Å²) in [6, 6.07) is 5.92. The van der Waals surface area contributed by atoms with E-state index in [4.69, 9.17) is 4.52 Å². The van der Waals surface area contributed by atoms with Gasteiger partial charge in [0, 0.05) is 30.8 Å². The average molecular weight is 351 g/mol. The van der Waals surface area contributed by atoms with Gasteiger partial charge < -0.3 is 9.84 Å². The molecule has 0 fully saturated rings. The highest BCUT2D eigenvalue weighted by Gasteiger charge is 2.21. The summed E-state index contributed by atoms with van der Waals surface area (Å²) < 4.78 is 31.1. The smallest absolute Gasteiger partial charge is 0.251 e. The lowest BCUT2D eigenvalue weighted by atomic mass is 10.2. The Morgan fingerprint density at radius 2 is 1.83 bits per heavy atom. The van der Waals surface area contributed by atoms with Crippen LogP contribution in [0.15, 0.2) is 39.9 Å². The maximum atomic E-state index is 12.4. The van der Waals surface area contributed by atoms with Crippen LogP contribution in [0.2, 0.25) is 0 Å². The van der Waals surface area contributed by atoms with Crippen LogP contribution >= 0.6 is 0 Å². The number of nitrogens with one attached hydrogen (secondary N) is 1. The lowest BCUT2D eigenvalue weighted by molar-refractivity contribution is 0.0950. The Bertz CT molecular complexity index is 793. The summed E-state index contributed by atoms with van der Waals surface area (Å²) in [6.07, 6.45) is 1.55. The van der Waals surface area contributed by atoms with Crippen molar-refractivity contribution in [3.63, 3.8) is 0 Å². The third kappa shape index (κ3) is 3.82. The van der Waals surface area contributed by atoms with Crippen LogP contribution in [-0.2, 0) is 16.6 Å². The summed E-state index contributed by atoms with van der Waals surface area (Å²) >= 11 is 0. The van der Waals surface area contributed by atoms with Gasteiger partial charge in [-0.3, -0.25) is 4.79 Å². The van der Waals surface area contributed by atoms with Crippen molar-refractivity contribution in [1.82, 2.24) is 14.8 Å². The first-order valence-electron chi connectivity index (χ1n) is 7.68. The summed E-state index contributed by atoms with van der Waals surface area (Å²) in [7, 11) is -3.52. The number of aryl methyl sites for hydroxylation is 1. The summed E-state index contributed by atoms with van der Waals surface area (Å²) in [6.45, 7) is 6.44. The molecule has 2 rings (SSSR count). The third-order valence-electron chi connectivity index (χ3n) is 3.75. The van der Waals surface area contributed by atoms with Crippen LogP contribution in [-0.4, -0.2) is 36.9 Å². The summed E-state index contributed by atoms with van der Waals surface area (Å²) in [4.78, 5) is 12.3. The molecule has 0 bridgehead atoms. The molecule has 2 aromatic rings. The van der Waals surface area contributed by atoms with E-state index in [-0.39, 0.29) is 10.8 Å². The fourth-order valence-corrected chi connectivity index (χ4v) is 3.72. The van der Waals surface area contributed by atoms with E-state index in [1.54, 1.807) is 27.0 Å². The molecule has 1 aromatic carbocycles. The van der Waals surface area contributed by atoms with Gasteiger partial charge >= 0.3 is 0 Å². The Morgan fingerprint density at radius 1 is 1.21 bits per heavy atom. The number of benzene rings is 1. The van der Waals surface area contributed by atoms with Crippen molar-refractivity contribution < 1.29 is 17.7 Å². The van der Waals surface area contributed by atoms with E-state index in [9.17, 15) is 13.2 Å². The van der Waals surface area contributed by atoms with Crippen LogP contribution in [0.3, 0.4) is 0 Å². The summed E-state index contributed by atoms with van der Waals surface area (Å²) in [5.74, 6) is 0.360. The van der Waals surface area contributed by atoms with Crippen LogP contribution in [0.4, 0.5) is 0 Å². The van der Waals surface area contributed by atoms with Crippen molar-refractivity contribution in [2.75, 3.05) is 13.1 Å². The van der Waals surface area contributed by atoms with Gasteiger partial charge in [0.15, 0.2) is 0 Å². The highest BCUT2D eigenvalue weighted by molar-refractivity contribution is 7.89. The molecular formula is C16H21N3O4S. The van der Waals surface area contributed by atoms with Crippen molar-refractivity contribution >= 4 is 15.9 Å². The Hall–Kier alpha value is -2.19. The van der Waals surface area contributed by atoms with Gasteiger partial charge in [0.2, 0.25) is 10.0 Å². The zero-order chi connectivity index (χ0) is 17.7. The molecular weight excluding hydrogens is 330 g/mol. The molecule has 0 aliphatic rings. The number of carbonyl (C=O) groups excluding carboxylic acids is 1. The molecule has 0 spiro atoms. The molecule has 130 valence electrons. The summed E-state index contributed by atoms with van der Waals surface area (Å²) in [5, 5.41) is 6.39. The number of hydrogen-bond acceptors (Lipinski definition) is 5. The number of aromatic nitrogens is 1. The second-order valence-corrected chi connectivity index (χ2v) is 7.14. The minimum atomic E-state index is -3.52. The Labute approximate surface area is 141 Å². The Kier molecular flexibility index (Phi) is 5.74. The van der Waals surface area contributed by atoms with Gasteiger partial charge in [-0.15, -0.1) is 0 Å². The second-order valence-electron chi connectivity index (χ2n) is 5.20. The van der Waals surface area contributed by atoms with E-state index in [1.165, 1.54) is 28.6 Å². The van der Waals surface area contributed by atoms with Crippen molar-refractivity contribution in [3.8, 4) is 0 Å². The first-order chi connectivity index (χ1) is 11.4. The molecule has 8 heteroatoms. The highest BCUT2D eigenvalue weighted by Crippen LogP contribution is 2.16. The number of carbonyl (C=O) groups is 1. The fourth-order valence-electron chi connectivity index (χ4n) is 2.26. The number of hydrogen-bond donors (Lipinski definition) is 1. The molecule has 0 aliphatic carbocycles. The lowest BCUT2D eigenvalue weighted by Gasteiger charge is -2.18. The molecule has 1 N–H and O–H groups in total. The van der Waals surface area contributed by atoms with E-state index in [1.807, 2.05) is 0 Å². The minimum Gasteiger partial charge on any atom is -0.361 e. The largest absolute Gasteiger partial charge is 0.361 e. The molecule has 1 heterocycles. The molecule has 1 amide bonds. The number of rotatable bonds is 7. The average Bonchev–Trinajstić information content (AvgIpc) is 2.98. The van der Waals surface area contributed by atoms with Gasteiger partial charge in [-0.25, -0.2) is 8.42 Å². The van der Waals surface area contributed by atoms with Crippen LogP contribution < -0.4 is 5.32 Å². The van der Waals surface area contributed by atoms with Gasteiger partial charge in [-0.1, -0.05) is 19.0 Å². The molecule has 0 saturated heterocycles. The van der Waals surface area contributed by atoms with Gasteiger partial charge in [0.1, 0.15) is 5.76 Å². The monoisotopic (exact) mass is 351 g/mol. The van der Waals surface area contributed by atoms with Crippen molar-refractivity contribution in [2.24, 2.45) is 0 Å². The van der Waals surface area contributed by atoms with Gasteiger partial charge in [-0.05, 0) is 31.2 Å². The standard InChI is InChI=1S/C16H21N3O4S/c1-4-19(5-2)24(21,22)15-8-6-13(7-9-15)16(20)17-10-14-11-18-23-12(14)3/h6-9,11H,4-5,10H2,1-3H3,(H,17,20). The van der Waals surface area contributed by atoms with E-state index < -0.39 is 10.0 Å². The molecule has 0 saturated carbocycles. The van der Waals surface area contributed by atoms with Crippen LogP contribution in [0.1, 0.15) is 35.5 Å². The Balaban J connectivity index is 2.08. The molecule has 0 aliphatic heterocycles. The van der Waals surface area contributed by atoms with Gasteiger partial charge in [0.05, 0.1) is 11.1 Å². The minimum absolute atomic E-state index is 0.178. The van der Waals surface area contributed by atoms with Crippen LogP contribution in [0.5, 0.6) is 0 Å². The maximum Gasteiger partial charge on any atom is 0.251 e. The summed E-state index contributed by atoms with van der Waals surface area (Å²) in [5.41, 5.74) is 1.19. The third-order valence-corrected chi connectivity index (χ3v) is 5.81. The molecule has 0 atom stereocenters. The number of nitrogens with zero attached hydrogens (tertiary/aromatic N) is 2. The predicted molar refractivity (Wildman–Crippen MR) is 89.0 cm³/mol. The maximum absolute atomic E-state index is 12.4. The van der Waals surface area contributed by atoms with E-state index in [0.717, 1.165) is 5.56 Å². The quantitative estimate of drug-likeness (QED) is 0.823. The molecule has 7 nitrogen and oxygen atoms in total. The first-order valence-corrected chi connectivity index (χ1v) is 9.12. The fraction of sp³-hybridized carbons (Fsp3) is 0.375. The molecule has 24 heavy (non-hydrogen) atoms. The predicted octanol–water partition coefficient (Wildman–Crippen LogP) is 1.94. The van der Waals surface area contributed by atoms with Crippen LogP contribution in [0, 0.1) is 6.92 Å². The van der Waals surface area contributed by atoms with Crippen molar-refractivity contribution in [2.45, 2.75) is 32.2 Å². The van der Waals surface area contributed by atoms with Crippen LogP contribution in [0.25, 0.3) is 0 Å². The lowest BCUT2D eigenvalue weighted by Crippen LogP contribution is -2.30. The molecule has 0 radical (unpaired) electrons. The zero-order valence-electron chi connectivity index (χ0n) is 13.9. The Morgan fingerprint density at radius 3 is 2.33 bits per heavy atom. The van der Waals surface area contributed by atoms with E-state index >= 15 is 0 Å². The number of sulfonamides is 1. The highest BCUT2D eigenvalue weighted by atomic mass is 32.2. The SMILES string of the molecule is CCN(CC)S(=O)(=O)c1ccc(C(=O)NCc2cnoc2C)cc1.